The van der Waals surface area contributed by atoms with Crippen LogP contribution in [-0.2, 0) is 11.3 Å². The molecule has 1 saturated heterocycles. The van der Waals surface area contributed by atoms with Crippen molar-refractivity contribution in [2.24, 2.45) is 4.99 Å². The number of thioether (sulfide) groups is 1. The molecule has 6 nitrogen and oxygen atoms in total. The number of rotatable bonds is 5. The molecule has 36 heavy (non-hydrogen) atoms. The summed E-state index contributed by atoms with van der Waals surface area (Å²) < 4.78 is 2.10. The van der Waals surface area contributed by atoms with Gasteiger partial charge in [-0.05, 0) is 65.9 Å². The van der Waals surface area contributed by atoms with Gasteiger partial charge in [0.15, 0.2) is 5.17 Å². The molecular formula is C27H19Cl2N3O3S. The molecule has 1 N–H and O–H groups in total. The molecule has 0 radical (unpaired) electrons. The Morgan fingerprint density at radius 3 is 2.56 bits per heavy atom. The number of hydrogen-bond acceptors (Lipinski definition) is 4. The molecule has 0 unspecified atom stereocenters. The number of amides is 1. The maximum atomic E-state index is 13.0. The summed E-state index contributed by atoms with van der Waals surface area (Å²) >= 11 is 13.7. The van der Waals surface area contributed by atoms with E-state index in [4.69, 9.17) is 28.3 Å². The van der Waals surface area contributed by atoms with Crippen LogP contribution in [0.2, 0.25) is 10.0 Å². The van der Waals surface area contributed by atoms with Crippen LogP contribution < -0.4 is 0 Å². The van der Waals surface area contributed by atoms with Crippen LogP contribution in [0.1, 0.15) is 21.5 Å². The fraction of sp³-hybridized carbons (Fsp3) is 0.0741. The first-order chi connectivity index (χ1) is 17.3. The van der Waals surface area contributed by atoms with E-state index in [0.717, 1.165) is 22.0 Å². The normalized spacial score (nSPS) is 16.0. The second-order valence-electron chi connectivity index (χ2n) is 8.19. The SMILES string of the molecule is CN1C(=O)C(=Cc2cn(Cc3ccc(Cl)cc3Cl)c3ccccc23)SC1=Nc1ccc(C(=O)O)cc1. The highest BCUT2D eigenvalue weighted by Gasteiger charge is 2.30. The van der Waals surface area contributed by atoms with Crippen molar-refractivity contribution >= 4 is 74.7 Å². The van der Waals surface area contributed by atoms with Gasteiger partial charge in [0.25, 0.3) is 5.91 Å². The number of fused-ring (bicyclic) bond motifs is 1. The number of carbonyl (C=O) groups excluding carboxylic acids is 1. The molecule has 4 aromatic rings. The average Bonchev–Trinajstić information content (AvgIpc) is 3.33. The first kappa shape index (κ1) is 24.2. The molecule has 0 bridgehead atoms. The van der Waals surface area contributed by atoms with Gasteiger partial charge in [-0.15, -0.1) is 0 Å². The third-order valence-corrected chi connectivity index (χ3v) is 7.45. The number of likely N-dealkylation sites (N-methyl/N-ethyl adjacent to an activating group) is 1. The highest BCUT2D eigenvalue weighted by Crippen LogP contribution is 2.35. The second-order valence-corrected chi connectivity index (χ2v) is 10.0. The van der Waals surface area contributed by atoms with Gasteiger partial charge in [-0.2, -0.15) is 0 Å². The highest BCUT2D eigenvalue weighted by atomic mass is 35.5. The fourth-order valence-corrected chi connectivity index (χ4v) is 5.38. The van der Waals surface area contributed by atoms with Crippen LogP contribution in [0.5, 0.6) is 0 Å². The molecule has 2 heterocycles. The van der Waals surface area contributed by atoms with Crippen molar-refractivity contribution in [2.45, 2.75) is 6.54 Å². The highest BCUT2D eigenvalue weighted by molar-refractivity contribution is 8.18. The molecule has 1 amide bonds. The minimum atomic E-state index is -1.00. The Bertz CT molecular complexity index is 1580. The molecule has 180 valence electrons. The van der Waals surface area contributed by atoms with Crippen LogP contribution in [0.25, 0.3) is 17.0 Å². The standard InChI is InChI=1S/C27H19Cl2N3O3S/c1-31-25(33)24(36-27(31)30-20-10-7-16(8-11-20)26(34)35)12-18-15-32(23-5-3-2-4-21(18)23)14-17-6-9-19(28)13-22(17)29/h2-13,15H,14H2,1H3,(H,34,35). The van der Waals surface area contributed by atoms with E-state index in [2.05, 4.69) is 9.56 Å². The molecular weight excluding hydrogens is 517 g/mol. The zero-order valence-corrected chi connectivity index (χ0v) is 21.3. The number of amidine groups is 1. The number of benzene rings is 3. The van der Waals surface area contributed by atoms with Crippen molar-refractivity contribution < 1.29 is 14.7 Å². The summed E-state index contributed by atoms with van der Waals surface area (Å²) in [5, 5.41) is 11.8. The van der Waals surface area contributed by atoms with E-state index in [0.29, 0.717) is 32.4 Å². The zero-order valence-electron chi connectivity index (χ0n) is 19.0. The molecule has 0 atom stereocenters. The predicted molar refractivity (Wildman–Crippen MR) is 146 cm³/mol. The Kier molecular flexibility index (Phi) is 6.62. The van der Waals surface area contributed by atoms with Crippen LogP contribution >= 0.6 is 35.0 Å². The van der Waals surface area contributed by atoms with Gasteiger partial charge in [-0.3, -0.25) is 9.69 Å². The Morgan fingerprint density at radius 2 is 1.83 bits per heavy atom. The number of aromatic carboxylic acids is 1. The van der Waals surface area contributed by atoms with Crippen molar-refractivity contribution in [1.82, 2.24) is 9.47 Å². The van der Waals surface area contributed by atoms with Gasteiger partial charge < -0.3 is 9.67 Å². The van der Waals surface area contributed by atoms with Crippen molar-refractivity contribution in [3.63, 3.8) is 0 Å². The Morgan fingerprint density at radius 1 is 1.08 bits per heavy atom. The summed E-state index contributed by atoms with van der Waals surface area (Å²) in [6.07, 6.45) is 3.89. The summed E-state index contributed by atoms with van der Waals surface area (Å²) in [5.41, 5.74) is 3.62. The van der Waals surface area contributed by atoms with Crippen LogP contribution in [0, 0.1) is 0 Å². The Labute approximate surface area is 221 Å². The van der Waals surface area contributed by atoms with Crippen LogP contribution in [0.15, 0.2) is 82.8 Å². The fourth-order valence-electron chi connectivity index (χ4n) is 3.94. The van der Waals surface area contributed by atoms with E-state index in [1.165, 1.54) is 28.8 Å². The summed E-state index contributed by atoms with van der Waals surface area (Å²) in [7, 11) is 1.67. The first-order valence-electron chi connectivity index (χ1n) is 10.9. The molecule has 9 heteroatoms. The van der Waals surface area contributed by atoms with Gasteiger partial charge in [0, 0.05) is 46.3 Å². The number of carboxylic acid groups (broad SMARTS) is 1. The first-order valence-corrected chi connectivity index (χ1v) is 12.5. The van der Waals surface area contributed by atoms with E-state index in [-0.39, 0.29) is 11.5 Å². The topological polar surface area (TPSA) is 74.9 Å². The lowest BCUT2D eigenvalue weighted by atomic mass is 10.1. The molecule has 3 aromatic carbocycles. The quantitative estimate of drug-likeness (QED) is 0.281. The van der Waals surface area contributed by atoms with Crippen LogP contribution in [0.4, 0.5) is 5.69 Å². The maximum absolute atomic E-state index is 13.0. The molecule has 0 aliphatic carbocycles. The van der Waals surface area contributed by atoms with Crippen molar-refractivity contribution in [1.29, 1.82) is 0 Å². The van der Waals surface area contributed by atoms with Crippen molar-refractivity contribution in [3.05, 3.63) is 105 Å². The maximum Gasteiger partial charge on any atom is 0.335 e. The lowest BCUT2D eigenvalue weighted by molar-refractivity contribution is -0.121. The minimum absolute atomic E-state index is 0.154. The third kappa shape index (κ3) is 4.78. The second kappa shape index (κ2) is 9.85. The number of halogens is 2. The number of carboxylic acids is 1. The predicted octanol–water partition coefficient (Wildman–Crippen LogP) is 6.93. The van der Waals surface area contributed by atoms with Crippen molar-refractivity contribution in [3.8, 4) is 0 Å². The zero-order chi connectivity index (χ0) is 25.4. The third-order valence-electron chi connectivity index (χ3n) is 5.80. The van der Waals surface area contributed by atoms with Gasteiger partial charge >= 0.3 is 5.97 Å². The van der Waals surface area contributed by atoms with Gasteiger partial charge in [0.1, 0.15) is 0 Å². The van der Waals surface area contributed by atoms with Crippen LogP contribution in [-0.4, -0.2) is 38.7 Å². The molecule has 1 fully saturated rings. The van der Waals surface area contributed by atoms with E-state index in [9.17, 15) is 9.59 Å². The van der Waals surface area contributed by atoms with E-state index in [1.54, 1.807) is 25.2 Å². The van der Waals surface area contributed by atoms with Gasteiger partial charge in [-0.1, -0.05) is 47.5 Å². The molecule has 1 aliphatic heterocycles. The van der Waals surface area contributed by atoms with Gasteiger partial charge in [0.2, 0.25) is 0 Å². The summed E-state index contributed by atoms with van der Waals surface area (Å²) in [5.74, 6) is -1.15. The largest absolute Gasteiger partial charge is 0.478 e. The van der Waals surface area contributed by atoms with E-state index >= 15 is 0 Å². The smallest absolute Gasteiger partial charge is 0.335 e. The average molecular weight is 536 g/mol. The van der Waals surface area contributed by atoms with E-state index in [1.807, 2.05) is 48.7 Å². The van der Waals surface area contributed by atoms with Gasteiger partial charge in [-0.25, -0.2) is 9.79 Å². The van der Waals surface area contributed by atoms with Gasteiger partial charge in [0.05, 0.1) is 16.2 Å². The Hall–Kier alpha value is -3.52. The van der Waals surface area contributed by atoms with E-state index < -0.39 is 5.97 Å². The number of carbonyl (C=O) groups is 2. The molecule has 5 rings (SSSR count). The number of nitrogens with zero attached hydrogens (tertiary/aromatic N) is 3. The number of aromatic nitrogens is 1. The number of hydrogen-bond donors (Lipinski definition) is 1. The molecule has 1 aliphatic rings. The summed E-state index contributed by atoms with van der Waals surface area (Å²) in [4.78, 5) is 30.7. The number of aliphatic imine (C=N–C) groups is 1. The lowest BCUT2D eigenvalue weighted by Gasteiger charge is -2.08. The van der Waals surface area contributed by atoms with Crippen LogP contribution in [0.3, 0.4) is 0 Å². The Balaban J connectivity index is 1.47. The minimum Gasteiger partial charge on any atom is -0.478 e. The molecule has 1 aromatic heterocycles. The monoisotopic (exact) mass is 535 g/mol. The number of para-hydroxylation sites is 1. The molecule has 0 spiro atoms. The summed E-state index contributed by atoms with van der Waals surface area (Å²) in [6, 6.07) is 19.7. The molecule has 0 saturated carbocycles. The van der Waals surface area contributed by atoms with Crippen molar-refractivity contribution in [2.75, 3.05) is 7.05 Å². The summed E-state index contributed by atoms with van der Waals surface area (Å²) in [6.45, 7) is 0.555. The lowest BCUT2D eigenvalue weighted by Crippen LogP contribution is -2.23.